The van der Waals surface area contributed by atoms with Crippen molar-refractivity contribution in [2.24, 2.45) is 5.41 Å². The van der Waals surface area contributed by atoms with Gasteiger partial charge in [0.1, 0.15) is 0 Å². The van der Waals surface area contributed by atoms with Crippen molar-refractivity contribution in [2.75, 3.05) is 20.1 Å². The number of hydrogen-bond acceptors (Lipinski definition) is 3. The Morgan fingerprint density at radius 1 is 1.28 bits per heavy atom. The van der Waals surface area contributed by atoms with E-state index >= 15 is 0 Å². The summed E-state index contributed by atoms with van der Waals surface area (Å²) in [6, 6.07) is 1.29. The first-order chi connectivity index (χ1) is 8.58. The number of rotatable bonds is 6. The minimum absolute atomic E-state index is 0.0412. The van der Waals surface area contributed by atoms with Gasteiger partial charge >= 0.3 is 0 Å². The molecule has 0 aliphatic carbocycles. The average Bonchev–Trinajstić information content (AvgIpc) is 2.54. The molecule has 0 spiro atoms. The zero-order valence-electron chi connectivity index (χ0n) is 12.3. The second kappa shape index (κ2) is 5.89. The number of nitrogens with zero attached hydrogens (tertiary/aromatic N) is 1. The molecular weight excluding hydrogens is 224 g/mol. The first-order valence-corrected chi connectivity index (χ1v) is 7.66. The Hall–Kier alpha value is -0.120. The number of hydrogen-bond donors (Lipinski definition) is 2. The van der Waals surface area contributed by atoms with E-state index in [0.29, 0.717) is 17.5 Å². The van der Waals surface area contributed by atoms with E-state index in [0.717, 1.165) is 19.4 Å². The van der Waals surface area contributed by atoms with Gasteiger partial charge in [0.15, 0.2) is 0 Å². The van der Waals surface area contributed by atoms with E-state index in [2.05, 4.69) is 31.1 Å². The molecule has 3 atom stereocenters. The Kier molecular flexibility index (Phi) is 4.68. The molecule has 0 aromatic rings. The van der Waals surface area contributed by atoms with Gasteiger partial charge < -0.3 is 10.4 Å². The summed E-state index contributed by atoms with van der Waals surface area (Å²) in [5, 5.41) is 13.2. The van der Waals surface area contributed by atoms with E-state index in [-0.39, 0.29) is 6.10 Å². The van der Waals surface area contributed by atoms with E-state index in [1.807, 2.05) is 0 Å². The van der Waals surface area contributed by atoms with Gasteiger partial charge in [-0.25, -0.2) is 0 Å². The molecule has 2 aliphatic rings. The molecule has 2 bridgehead atoms. The molecule has 3 unspecified atom stereocenters. The van der Waals surface area contributed by atoms with Crippen LogP contribution in [0.5, 0.6) is 0 Å². The summed E-state index contributed by atoms with van der Waals surface area (Å²) >= 11 is 0. The van der Waals surface area contributed by atoms with Crippen molar-refractivity contribution < 1.29 is 5.11 Å². The maximum atomic E-state index is 9.87. The molecule has 0 aromatic carbocycles. The third-order valence-electron chi connectivity index (χ3n) is 4.88. The standard InChI is InChI=1S/C15H30N2O/c1-4-7-15(2,10-16-3)11-17-12-5-6-13(17)9-14(18)8-12/h12-14,16,18H,4-11H2,1-3H3. The van der Waals surface area contributed by atoms with Crippen molar-refractivity contribution in [2.45, 2.75) is 70.6 Å². The second-order valence-corrected chi connectivity index (χ2v) is 6.77. The summed E-state index contributed by atoms with van der Waals surface area (Å²) in [7, 11) is 2.06. The summed E-state index contributed by atoms with van der Waals surface area (Å²) in [6.45, 7) is 6.99. The molecule has 106 valence electrons. The van der Waals surface area contributed by atoms with Gasteiger partial charge in [-0.2, -0.15) is 0 Å². The molecule has 2 aliphatic heterocycles. The Morgan fingerprint density at radius 2 is 1.89 bits per heavy atom. The summed E-state index contributed by atoms with van der Waals surface area (Å²) in [6.07, 6.45) is 7.08. The van der Waals surface area contributed by atoms with E-state index in [9.17, 15) is 5.11 Å². The lowest BCUT2D eigenvalue weighted by atomic mass is 9.83. The van der Waals surface area contributed by atoms with Crippen LogP contribution in [-0.4, -0.2) is 48.3 Å². The Labute approximate surface area is 112 Å². The molecule has 0 radical (unpaired) electrons. The molecular formula is C15H30N2O. The van der Waals surface area contributed by atoms with Crippen molar-refractivity contribution in [3.63, 3.8) is 0 Å². The van der Waals surface area contributed by atoms with Crippen molar-refractivity contribution in [3.8, 4) is 0 Å². The lowest BCUT2D eigenvalue weighted by molar-refractivity contribution is 0.0111. The molecule has 0 aromatic heterocycles. The van der Waals surface area contributed by atoms with E-state index < -0.39 is 0 Å². The van der Waals surface area contributed by atoms with Crippen LogP contribution in [0.3, 0.4) is 0 Å². The van der Waals surface area contributed by atoms with Crippen LogP contribution in [0, 0.1) is 5.41 Å². The van der Waals surface area contributed by atoms with Gasteiger partial charge in [0, 0.05) is 25.2 Å². The number of fused-ring (bicyclic) bond motifs is 2. The van der Waals surface area contributed by atoms with Crippen molar-refractivity contribution in [1.82, 2.24) is 10.2 Å². The summed E-state index contributed by atoms with van der Waals surface area (Å²) in [4.78, 5) is 2.71. The predicted octanol–water partition coefficient (Wildman–Crippen LogP) is 2.00. The molecule has 2 heterocycles. The number of aliphatic hydroxyl groups is 1. The van der Waals surface area contributed by atoms with Gasteiger partial charge in [-0.3, -0.25) is 4.90 Å². The van der Waals surface area contributed by atoms with Crippen LogP contribution in [0.15, 0.2) is 0 Å². The Balaban J connectivity index is 1.99. The lowest BCUT2D eigenvalue weighted by Crippen LogP contribution is -2.50. The summed E-state index contributed by atoms with van der Waals surface area (Å²) in [5.41, 5.74) is 0.382. The van der Waals surface area contributed by atoms with Crippen LogP contribution in [0.4, 0.5) is 0 Å². The smallest absolute Gasteiger partial charge is 0.0570 e. The highest BCUT2D eigenvalue weighted by atomic mass is 16.3. The van der Waals surface area contributed by atoms with Crippen molar-refractivity contribution in [1.29, 1.82) is 0 Å². The monoisotopic (exact) mass is 254 g/mol. The third kappa shape index (κ3) is 3.06. The first kappa shape index (κ1) is 14.3. The van der Waals surface area contributed by atoms with Crippen LogP contribution < -0.4 is 5.32 Å². The van der Waals surface area contributed by atoms with E-state index in [1.54, 1.807) is 0 Å². The highest BCUT2D eigenvalue weighted by molar-refractivity contribution is 4.97. The number of piperidine rings is 1. The van der Waals surface area contributed by atoms with Gasteiger partial charge in [-0.05, 0) is 44.6 Å². The van der Waals surface area contributed by atoms with Crippen LogP contribution in [-0.2, 0) is 0 Å². The Bertz CT molecular complexity index is 249. The number of nitrogens with one attached hydrogen (secondary N) is 1. The van der Waals surface area contributed by atoms with Crippen LogP contribution in [0.25, 0.3) is 0 Å². The summed E-state index contributed by atoms with van der Waals surface area (Å²) < 4.78 is 0. The molecule has 0 amide bonds. The highest BCUT2D eigenvalue weighted by Gasteiger charge is 2.42. The molecule has 2 saturated heterocycles. The minimum Gasteiger partial charge on any atom is -0.393 e. The van der Waals surface area contributed by atoms with Crippen molar-refractivity contribution in [3.05, 3.63) is 0 Å². The van der Waals surface area contributed by atoms with Crippen LogP contribution >= 0.6 is 0 Å². The average molecular weight is 254 g/mol. The maximum absolute atomic E-state index is 9.87. The normalized spacial score (nSPS) is 35.7. The first-order valence-electron chi connectivity index (χ1n) is 7.66. The van der Waals surface area contributed by atoms with Gasteiger partial charge in [0.25, 0.3) is 0 Å². The largest absolute Gasteiger partial charge is 0.393 e. The molecule has 0 saturated carbocycles. The van der Waals surface area contributed by atoms with Crippen LogP contribution in [0.2, 0.25) is 0 Å². The second-order valence-electron chi connectivity index (χ2n) is 6.77. The van der Waals surface area contributed by atoms with E-state index in [4.69, 9.17) is 0 Å². The zero-order chi connectivity index (χ0) is 13.2. The number of aliphatic hydroxyl groups excluding tert-OH is 1. The van der Waals surface area contributed by atoms with Crippen molar-refractivity contribution >= 4 is 0 Å². The molecule has 2 fully saturated rings. The molecule has 18 heavy (non-hydrogen) atoms. The maximum Gasteiger partial charge on any atom is 0.0570 e. The molecule has 2 rings (SSSR count). The minimum atomic E-state index is -0.0412. The molecule has 2 N–H and O–H groups in total. The topological polar surface area (TPSA) is 35.5 Å². The van der Waals surface area contributed by atoms with Gasteiger partial charge in [-0.1, -0.05) is 20.3 Å². The van der Waals surface area contributed by atoms with Gasteiger partial charge in [0.05, 0.1) is 6.10 Å². The van der Waals surface area contributed by atoms with Crippen LogP contribution in [0.1, 0.15) is 52.4 Å². The fourth-order valence-electron chi connectivity index (χ4n) is 4.20. The quantitative estimate of drug-likeness (QED) is 0.761. The lowest BCUT2D eigenvalue weighted by Gasteiger charge is -2.43. The van der Waals surface area contributed by atoms with E-state index in [1.165, 1.54) is 32.2 Å². The zero-order valence-corrected chi connectivity index (χ0v) is 12.3. The van der Waals surface area contributed by atoms with Gasteiger partial charge in [-0.15, -0.1) is 0 Å². The molecule has 3 heteroatoms. The SMILES string of the molecule is CCCC(C)(CNC)CN1C2CCC1CC(O)C2. The Morgan fingerprint density at radius 3 is 2.39 bits per heavy atom. The predicted molar refractivity (Wildman–Crippen MR) is 75.7 cm³/mol. The fourth-order valence-corrected chi connectivity index (χ4v) is 4.20. The molecule has 3 nitrogen and oxygen atoms in total. The third-order valence-corrected chi connectivity index (χ3v) is 4.88. The van der Waals surface area contributed by atoms with Gasteiger partial charge in [0.2, 0.25) is 0 Å². The highest BCUT2D eigenvalue weighted by Crippen LogP contribution is 2.38. The fraction of sp³-hybridized carbons (Fsp3) is 1.00. The summed E-state index contributed by atoms with van der Waals surface area (Å²) in [5.74, 6) is 0.